The monoisotopic (exact) mass is 537 g/mol. The molecule has 198 valence electrons. The molecule has 1 saturated heterocycles. The summed E-state index contributed by atoms with van der Waals surface area (Å²) in [5.41, 5.74) is 5.32. The van der Waals surface area contributed by atoms with Crippen molar-refractivity contribution in [2.45, 2.75) is 18.0 Å². The zero-order chi connectivity index (χ0) is 27.0. The largest absolute Gasteiger partial charge is 0.369 e. The van der Waals surface area contributed by atoms with E-state index in [0.717, 1.165) is 59.4 Å². The number of carbonyl (C=O) groups excluding carboxylic acids is 1. The van der Waals surface area contributed by atoms with Crippen LogP contribution in [0.3, 0.4) is 0 Å². The number of benzene rings is 3. The second-order valence-corrected chi connectivity index (χ2v) is 10.1. The molecule has 0 atom stereocenters. The number of amides is 2. The van der Waals surface area contributed by atoms with Gasteiger partial charge in [0, 0.05) is 55.2 Å². The smallest absolute Gasteiger partial charge is 0.326 e. The second-order valence-electron chi connectivity index (χ2n) is 9.29. The van der Waals surface area contributed by atoms with E-state index >= 15 is 0 Å². The molecule has 2 amide bonds. The molecule has 1 aliphatic heterocycles. The molecule has 2 N–H and O–H groups in total. The molecule has 5 rings (SSSR count). The zero-order valence-corrected chi connectivity index (χ0v) is 22.7. The molecule has 0 saturated carbocycles. The molecule has 0 radical (unpaired) electrons. The number of nitrogens with one attached hydrogen (secondary N) is 2. The van der Waals surface area contributed by atoms with E-state index in [-0.39, 0.29) is 6.03 Å². The van der Waals surface area contributed by atoms with Gasteiger partial charge >= 0.3 is 6.03 Å². The van der Waals surface area contributed by atoms with Crippen LogP contribution >= 0.6 is 11.8 Å². The normalized spacial score (nSPS) is 13.1. The van der Waals surface area contributed by atoms with Crippen molar-refractivity contribution < 1.29 is 4.79 Å². The fraction of sp³-hybridized carbons (Fsp3) is 0.233. The Morgan fingerprint density at radius 1 is 1.08 bits per heavy atom. The van der Waals surface area contributed by atoms with Crippen LogP contribution in [0.15, 0.2) is 90.2 Å². The molecule has 9 heteroatoms. The Morgan fingerprint density at radius 2 is 1.82 bits per heavy atom. The maximum atomic E-state index is 13.8. The Morgan fingerprint density at radius 3 is 2.54 bits per heavy atom. The number of piperazine rings is 1. The van der Waals surface area contributed by atoms with Gasteiger partial charge in [-0.1, -0.05) is 24.3 Å². The second kappa shape index (κ2) is 12.5. The van der Waals surface area contributed by atoms with Gasteiger partial charge in [-0.05, 0) is 60.4 Å². The lowest BCUT2D eigenvalue weighted by Crippen LogP contribution is -2.43. The van der Waals surface area contributed by atoms with Crippen LogP contribution in [-0.4, -0.2) is 48.0 Å². The molecule has 1 aromatic heterocycles. The number of aromatic nitrogens is 2. The van der Waals surface area contributed by atoms with E-state index in [1.165, 1.54) is 0 Å². The molecule has 4 aromatic rings. The summed E-state index contributed by atoms with van der Waals surface area (Å²) in [6.45, 7) is 4.79. The summed E-state index contributed by atoms with van der Waals surface area (Å²) in [5, 5.41) is 15.6. The van der Waals surface area contributed by atoms with E-state index in [9.17, 15) is 4.79 Å². The van der Waals surface area contributed by atoms with Crippen molar-refractivity contribution in [1.82, 2.24) is 14.9 Å². The third-order valence-electron chi connectivity index (χ3n) is 6.79. The molecule has 2 heterocycles. The Bertz CT molecular complexity index is 1440. The SMILES string of the molecule is CSc1ccccc1NC(=O)N(Cc1cncn1Cc1ccc(C#N)cc1)c1ccc(N2CCNCC2)cc1. The number of nitriles is 1. The van der Waals surface area contributed by atoms with Crippen molar-refractivity contribution in [1.29, 1.82) is 5.26 Å². The number of imidazole rings is 1. The summed E-state index contributed by atoms with van der Waals surface area (Å²) in [7, 11) is 0. The van der Waals surface area contributed by atoms with Crippen LogP contribution < -0.4 is 20.4 Å². The quantitative estimate of drug-likeness (QED) is 0.301. The molecule has 0 aliphatic carbocycles. The summed E-state index contributed by atoms with van der Waals surface area (Å²) in [6.07, 6.45) is 5.58. The lowest BCUT2D eigenvalue weighted by atomic mass is 10.1. The van der Waals surface area contributed by atoms with E-state index in [0.29, 0.717) is 18.7 Å². The lowest BCUT2D eigenvalue weighted by molar-refractivity contribution is 0.256. The fourth-order valence-corrected chi connectivity index (χ4v) is 5.20. The number of hydrogen-bond donors (Lipinski definition) is 2. The van der Waals surface area contributed by atoms with E-state index in [1.54, 1.807) is 29.2 Å². The first kappa shape index (κ1) is 26.4. The minimum absolute atomic E-state index is 0.211. The number of carbonyl (C=O) groups is 1. The minimum atomic E-state index is -0.211. The standard InChI is InChI=1S/C30H31N7OS/c1-39-29-5-3-2-4-28(29)34-30(38)37(26-12-10-25(11-13-26)35-16-14-32-15-17-35)21-27-19-33-22-36(27)20-24-8-6-23(18-31)7-9-24/h2-13,19,22,32H,14-17,20-21H2,1H3,(H,34,38). The van der Waals surface area contributed by atoms with Gasteiger partial charge in [0.15, 0.2) is 0 Å². The number of anilines is 3. The molecule has 1 aliphatic rings. The van der Waals surface area contributed by atoms with Crippen molar-refractivity contribution in [3.05, 3.63) is 102 Å². The third-order valence-corrected chi connectivity index (χ3v) is 7.59. The molecule has 0 bridgehead atoms. The first-order chi connectivity index (χ1) is 19.1. The van der Waals surface area contributed by atoms with E-state index in [1.807, 2.05) is 71.5 Å². The molecular formula is C30H31N7OS. The van der Waals surface area contributed by atoms with Crippen molar-refractivity contribution in [2.75, 3.05) is 47.6 Å². The molecule has 0 spiro atoms. The lowest BCUT2D eigenvalue weighted by Gasteiger charge is -2.30. The van der Waals surface area contributed by atoms with Gasteiger partial charge in [-0.2, -0.15) is 5.26 Å². The third kappa shape index (κ3) is 6.42. The summed E-state index contributed by atoms with van der Waals surface area (Å²) >= 11 is 1.60. The molecule has 0 unspecified atom stereocenters. The molecule has 3 aromatic carbocycles. The first-order valence-corrected chi connectivity index (χ1v) is 14.1. The van der Waals surface area contributed by atoms with Gasteiger partial charge in [-0.3, -0.25) is 4.90 Å². The zero-order valence-electron chi connectivity index (χ0n) is 21.9. The highest BCUT2D eigenvalue weighted by Crippen LogP contribution is 2.27. The highest BCUT2D eigenvalue weighted by Gasteiger charge is 2.20. The van der Waals surface area contributed by atoms with Crippen molar-refractivity contribution >= 4 is 34.9 Å². The van der Waals surface area contributed by atoms with Crippen LogP contribution in [0.1, 0.15) is 16.8 Å². The Kier molecular flexibility index (Phi) is 8.46. The maximum Gasteiger partial charge on any atom is 0.326 e. The number of rotatable bonds is 8. The van der Waals surface area contributed by atoms with Crippen molar-refractivity contribution in [2.24, 2.45) is 0 Å². The highest BCUT2D eigenvalue weighted by atomic mass is 32.2. The summed E-state index contributed by atoms with van der Waals surface area (Å²) < 4.78 is 2.03. The van der Waals surface area contributed by atoms with Crippen LogP contribution in [0.4, 0.5) is 21.9 Å². The van der Waals surface area contributed by atoms with Crippen LogP contribution in [0, 0.1) is 11.3 Å². The van der Waals surface area contributed by atoms with Gasteiger partial charge in [-0.15, -0.1) is 11.8 Å². The van der Waals surface area contributed by atoms with Gasteiger partial charge in [0.25, 0.3) is 0 Å². The van der Waals surface area contributed by atoms with Crippen LogP contribution in [0.5, 0.6) is 0 Å². The maximum absolute atomic E-state index is 13.8. The number of nitrogens with zero attached hydrogens (tertiary/aromatic N) is 5. The molecule has 1 fully saturated rings. The number of thioether (sulfide) groups is 1. The van der Waals surface area contributed by atoms with Crippen LogP contribution in [0.2, 0.25) is 0 Å². The Hall–Kier alpha value is -4.26. The fourth-order valence-electron chi connectivity index (χ4n) is 4.64. The van der Waals surface area contributed by atoms with Gasteiger partial charge in [0.05, 0.1) is 35.9 Å². The Labute approximate surface area is 233 Å². The van der Waals surface area contributed by atoms with Gasteiger partial charge in [0.2, 0.25) is 0 Å². The summed E-state index contributed by atoms with van der Waals surface area (Å²) in [5.74, 6) is 0. The summed E-state index contributed by atoms with van der Waals surface area (Å²) in [6, 6.07) is 25.5. The van der Waals surface area contributed by atoms with Crippen LogP contribution in [0.25, 0.3) is 0 Å². The van der Waals surface area contributed by atoms with Crippen molar-refractivity contribution in [3.8, 4) is 6.07 Å². The highest BCUT2D eigenvalue weighted by molar-refractivity contribution is 7.98. The average molecular weight is 538 g/mol. The molecule has 39 heavy (non-hydrogen) atoms. The minimum Gasteiger partial charge on any atom is -0.369 e. The average Bonchev–Trinajstić information content (AvgIpc) is 3.43. The van der Waals surface area contributed by atoms with E-state index in [2.05, 4.69) is 38.7 Å². The number of hydrogen-bond acceptors (Lipinski definition) is 6. The number of para-hydroxylation sites is 1. The molecule has 8 nitrogen and oxygen atoms in total. The predicted molar refractivity (Wildman–Crippen MR) is 157 cm³/mol. The van der Waals surface area contributed by atoms with Gasteiger partial charge in [0.1, 0.15) is 0 Å². The van der Waals surface area contributed by atoms with E-state index in [4.69, 9.17) is 5.26 Å². The number of urea groups is 1. The van der Waals surface area contributed by atoms with Gasteiger partial charge in [-0.25, -0.2) is 9.78 Å². The molecular weight excluding hydrogens is 506 g/mol. The first-order valence-electron chi connectivity index (χ1n) is 12.9. The Balaban J connectivity index is 1.41. The summed E-state index contributed by atoms with van der Waals surface area (Å²) in [4.78, 5) is 23.3. The predicted octanol–water partition coefficient (Wildman–Crippen LogP) is 5.17. The van der Waals surface area contributed by atoms with Crippen molar-refractivity contribution in [3.63, 3.8) is 0 Å². The van der Waals surface area contributed by atoms with Gasteiger partial charge < -0.3 is 20.1 Å². The topological polar surface area (TPSA) is 89.2 Å². The van der Waals surface area contributed by atoms with E-state index < -0.39 is 0 Å². The van der Waals surface area contributed by atoms with Crippen LogP contribution in [-0.2, 0) is 13.1 Å².